The summed E-state index contributed by atoms with van der Waals surface area (Å²) in [6.07, 6.45) is 1.40. The number of aromatic nitrogens is 2. The number of aryl methyl sites for hydroxylation is 1. The van der Waals surface area contributed by atoms with Gasteiger partial charge in [0.1, 0.15) is 0 Å². The second-order valence-corrected chi connectivity index (χ2v) is 4.08. The lowest BCUT2D eigenvalue weighted by Crippen LogP contribution is -2.35. The second-order valence-electron chi connectivity index (χ2n) is 4.08. The lowest BCUT2D eigenvalue weighted by Gasteiger charge is -2.20. The van der Waals surface area contributed by atoms with E-state index in [4.69, 9.17) is 14.7 Å². The molecule has 2 N–H and O–H groups in total. The maximum atomic E-state index is 12.2. The number of rotatable bonds is 5. The van der Waals surface area contributed by atoms with Crippen LogP contribution in [0.1, 0.15) is 16.1 Å². The quantitative estimate of drug-likeness (QED) is 0.786. The van der Waals surface area contributed by atoms with Gasteiger partial charge in [0, 0.05) is 19.3 Å². The summed E-state index contributed by atoms with van der Waals surface area (Å²) < 4.78 is 4.97. The Balaban J connectivity index is 2.31. The van der Waals surface area contributed by atoms with Crippen LogP contribution in [0.3, 0.4) is 0 Å². The van der Waals surface area contributed by atoms with E-state index in [1.807, 2.05) is 0 Å². The highest BCUT2D eigenvalue weighted by atomic mass is 16.5. The highest BCUT2D eigenvalue weighted by Crippen LogP contribution is 2.17. The average molecular weight is 265 g/mol. The molecule has 0 atom stereocenters. The molecule has 19 heavy (non-hydrogen) atoms. The van der Waals surface area contributed by atoms with E-state index in [1.54, 1.807) is 13.0 Å². The molecule has 2 rings (SSSR count). The average Bonchev–Trinajstić information content (AvgIpc) is 2.79. The maximum absolute atomic E-state index is 12.2. The molecule has 0 fully saturated rings. The van der Waals surface area contributed by atoms with Crippen molar-refractivity contribution in [2.24, 2.45) is 0 Å². The van der Waals surface area contributed by atoms with Crippen molar-refractivity contribution >= 4 is 17.0 Å². The summed E-state index contributed by atoms with van der Waals surface area (Å²) in [5.41, 5.74) is 1.42. The minimum Gasteiger partial charge on any atom is -0.395 e. The zero-order valence-electron chi connectivity index (χ0n) is 10.5. The first-order chi connectivity index (χ1) is 9.17. The summed E-state index contributed by atoms with van der Waals surface area (Å²) in [5.74, 6) is -0.293. The molecule has 0 aliphatic carbocycles. The van der Waals surface area contributed by atoms with Crippen LogP contribution in [-0.2, 0) is 0 Å². The molecule has 0 unspecified atom stereocenters. The molecule has 1 amide bonds. The fourth-order valence-corrected chi connectivity index (χ4v) is 1.80. The highest BCUT2D eigenvalue weighted by Gasteiger charge is 2.17. The molecular weight excluding hydrogens is 250 g/mol. The third-order valence-corrected chi connectivity index (χ3v) is 2.78. The minimum absolute atomic E-state index is 0.159. The van der Waals surface area contributed by atoms with Gasteiger partial charge in [0.15, 0.2) is 0 Å². The molecule has 2 heterocycles. The van der Waals surface area contributed by atoms with E-state index in [1.165, 1.54) is 11.1 Å². The van der Waals surface area contributed by atoms with E-state index >= 15 is 0 Å². The summed E-state index contributed by atoms with van der Waals surface area (Å²) in [6, 6.07) is 1.65. The number of hydrogen-bond acceptors (Lipinski definition) is 6. The van der Waals surface area contributed by atoms with Crippen LogP contribution in [-0.4, -0.2) is 57.5 Å². The third-order valence-electron chi connectivity index (χ3n) is 2.78. The molecule has 7 nitrogen and oxygen atoms in total. The van der Waals surface area contributed by atoms with Crippen molar-refractivity contribution in [1.29, 1.82) is 0 Å². The fraction of sp³-hybridized carbons (Fsp3) is 0.417. The van der Waals surface area contributed by atoms with E-state index in [0.717, 1.165) is 0 Å². The summed E-state index contributed by atoms with van der Waals surface area (Å²) in [7, 11) is 0. The van der Waals surface area contributed by atoms with Crippen LogP contribution < -0.4 is 0 Å². The zero-order valence-corrected chi connectivity index (χ0v) is 10.5. The van der Waals surface area contributed by atoms with Crippen molar-refractivity contribution in [3.05, 3.63) is 23.5 Å². The standard InChI is InChI=1S/C12H15N3O4/c1-8-10-6-9(7-13-11(10)19-14-8)12(18)15(2-4-16)3-5-17/h6-7,16-17H,2-5H2,1H3. The van der Waals surface area contributed by atoms with Gasteiger partial charge in [-0.2, -0.15) is 0 Å². The van der Waals surface area contributed by atoms with E-state index in [2.05, 4.69) is 10.1 Å². The Morgan fingerprint density at radius 1 is 1.37 bits per heavy atom. The van der Waals surface area contributed by atoms with E-state index in [-0.39, 0.29) is 32.2 Å². The molecule has 0 aliphatic rings. The van der Waals surface area contributed by atoms with E-state index in [0.29, 0.717) is 22.4 Å². The first-order valence-electron chi connectivity index (χ1n) is 5.90. The Labute approximate surface area is 109 Å². The van der Waals surface area contributed by atoms with Crippen LogP contribution in [0, 0.1) is 6.92 Å². The Morgan fingerprint density at radius 3 is 2.68 bits per heavy atom. The molecule has 2 aromatic heterocycles. The zero-order chi connectivity index (χ0) is 13.8. The molecular formula is C12H15N3O4. The monoisotopic (exact) mass is 265 g/mol. The summed E-state index contributed by atoms with van der Waals surface area (Å²) in [5, 5.41) is 22.3. The van der Waals surface area contributed by atoms with Gasteiger partial charge >= 0.3 is 0 Å². The third kappa shape index (κ3) is 2.72. The van der Waals surface area contributed by atoms with Crippen LogP contribution in [0.4, 0.5) is 0 Å². The molecule has 102 valence electrons. The number of aliphatic hydroxyl groups is 2. The molecule has 0 spiro atoms. The van der Waals surface area contributed by atoms with Crippen LogP contribution >= 0.6 is 0 Å². The highest BCUT2D eigenvalue weighted by molar-refractivity contribution is 5.97. The number of pyridine rings is 1. The van der Waals surface area contributed by atoms with Crippen LogP contribution in [0.2, 0.25) is 0 Å². The molecule has 0 aliphatic heterocycles. The lowest BCUT2D eigenvalue weighted by molar-refractivity contribution is 0.0684. The molecule has 0 bridgehead atoms. The number of carbonyl (C=O) groups is 1. The summed E-state index contributed by atoms with van der Waals surface area (Å²) in [6.45, 7) is 1.78. The minimum atomic E-state index is -0.293. The number of hydrogen-bond donors (Lipinski definition) is 2. The van der Waals surface area contributed by atoms with Gasteiger partial charge in [0.2, 0.25) is 0 Å². The number of fused-ring (bicyclic) bond motifs is 1. The first-order valence-corrected chi connectivity index (χ1v) is 5.90. The van der Waals surface area contributed by atoms with Crippen LogP contribution in [0.5, 0.6) is 0 Å². The summed E-state index contributed by atoms with van der Waals surface area (Å²) in [4.78, 5) is 17.6. The number of aliphatic hydroxyl groups excluding tert-OH is 2. The lowest BCUT2D eigenvalue weighted by atomic mass is 10.2. The molecule has 0 radical (unpaired) electrons. The molecule has 0 saturated heterocycles. The first kappa shape index (κ1) is 13.4. The van der Waals surface area contributed by atoms with Gasteiger partial charge in [0.25, 0.3) is 11.6 Å². The van der Waals surface area contributed by atoms with Crippen molar-refractivity contribution in [2.75, 3.05) is 26.3 Å². The Morgan fingerprint density at radius 2 is 2.05 bits per heavy atom. The van der Waals surface area contributed by atoms with Crippen molar-refractivity contribution in [3.8, 4) is 0 Å². The van der Waals surface area contributed by atoms with Crippen LogP contribution in [0.15, 0.2) is 16.8 Å². The molecule has 0 saturated carbocycles. The SMILES string of the molecule is Cc1noc2ncc(C(=O)N(CCO)CCO)cc12. The predicted molar refractivity (Wildman–Crippen MR) is 66.6 cm³/mol. The van der Waals surface area contributed by atoms with E-state index < -0.39 is 0 Å². The molecule has 7 heteroatoms. The maximum Gasteiger partial charge on any atom is 0.257 e. The van der Waals surface area contributed by atoms with Crippen molar-refractivity contribution in [2.45, 2.75) is 6.92 Å². The van der Waals surface area contributed by atoms with Crippen molar-refractivity contribution in [1.82, 2.24) is 15.0 Å². The van der Waals surface area contributed by atoms with Gasteiger partial charge in [-0.25, -0.2) is 4.98 Å². The predicted octanol–water partition coefficient (Wildman–Crippen LogP) is -0.0420. The van der Waals surface area contributed by atoms with Crippen molar-refractivity contribution < 1.29 is 19.5 Å². The molecule has 2 aromatic rings. The number of nitrogens with zero attached hydrogens (tertiary/aromatic N) is 3. The number of carbonyl (C=O) groups excluding carboxylic acids is 1. The number of amides is 1. The summed E-state index contributed by atoms with van der Waals surface area (Å²) >= 11 is 0. The topological polar surface area (TPSA) is 99.7 Å². The van der Waals surface area contributed by atoms with Gasteiger partial charge in [-0.05, 0) is 13.0 Å². The largest absolute Gasteiger partial charge is 0.395 e. The van der Waals surface area contributed by atoms with Crippen LogP contribution in [0.25, 0.3) is 11.1 Å². The Bertz CT molecular complexity index is 575. The normalized spacial score (nSPS) is 10.9. The van der Waals surface area contributed by atoms with Crippen molar-refractivity contribution in [3.63, 3.8) is 0 Å². The Kier molecular flexibility index (Phi) is 4.08. The smallest absolute Gasteiger partial charge is 0.257 e. The Hall–Kier alpha value is -1.99. The van der Waals surface area contributed by atoms with Gasteiger partial charge in [-0.1, -0.05) is 5.16 Å². The van der Waals surface area contributed by atoms with Gasteiger partial charge < -0.3 is 19.6 Å². The van der Waals surface area contributed by atoms with E-state index in [9.17, 15) is 4.79 Å². The van der Waals surface area contributed by atoms with Gasteiger partial charge in [-0.15, -0.1) is 0 Å². The fourth-order valence-electron chi connectivity index (χ4n) is 1.80. The van der Waals surface area contributed by atoms with Gasteiger partial charge in [0.05, 0.1) is 29.9 Å². The molecule has 0 aromatic carbocycles. The van der Waals surface area contributed by atoms with Gasteiger partial charge in [-0.3, -0.25) is 4.79 Å². The second kappa shape index (κ2) is 5.77.